The van der Waals surface area contributed by atoms with Crippen LogP contribution >= 0.6 is 0 Å². The standard InChI is InChI=1S/C18H19F3N6O2/c1-25(11-3-2-4-26(8-11)9-28)16-14(19)12-6-22-17(29)13(12)15(24-16)10-5-23-27(7-10)18(20)21/h5,7,9,11,18H,2-4,6,8H2,1H3,(H,22,29). The van der Waals surface area contributed by atoms with E-state index in [1.807, 2.05) is 0 Å². The van der Waals surface area contributed by atoms with E-state index >= 15 is 4.39 Å². The molecule has 2 aliphatic heterocycles. The van der Waals surface area contributed by atoms with E-state index in [0.29, 0.717) is 17.8 Å². The molecule has 2 amide bonds. The van der Waals surface area contributed by atoms with E-state index in [1.54, 1.807) is 16.8 Å². The van der Waals surface area contributed by atoms with Crippen molar-refractivity contribution in [2.24, 2.45) is 0 Å². The molecule has 2 aromatic rings. The highest BCUT2D eigenvalue weighted by molar-refractivity contribution is 6.04. The Kier molecular flexibility index (Phi) is 4.89. The number of likely N-dealkylation sites (tertiary alicyclic amines) is 1. The molecule has 2 aromatic heterocycles. The van der Waals surface area contributed by atoms with Crippen molar-refractivity contribution < 1.29 is 22.8 Å². The summed E-state index contributed by atoms with van der Waals surface area (Å²) in [6, 6.07) is -0.157. The maximum Gasteiger partial charge on any atom is 0.333 e. The quantitative estimate of drug-likeness (QED) is 0.763. The average Bonchev–Trinajstić information content (AvgIpc) is 3.36. The van der Waals surface area contributed by atoms with Gasteiger partial charge in [0.25, 0.3) is 5.91 Å². The molecule has 8 nitrogen and oxygen atoms in total. The lowest BCUT2D eigenvalue weighted by Gasteiger charge is -2.36. The van der Waals surface area contributed by atoms with E-state index in [4.69, 9.17) is 0 Å². The third-order valence-electron chi connectivity index (χ3n) is 5.40. The van der Waals surface area contributed by atoms with Gasteiger partial charge in [-0.15, -0.1) is 0 Å². The summed E-state index contributed by atoms with van der Waals surface area (Å²) in [6.07, 6.45) is 4.54. The number of carbonyl (C=O) groups is 2. The van der Waals surface area contributed by atoms with Crippen LogP contribution in [0.25, 0.3) is 11.3 Å². The van der Waals surface area contributed by atoms with Gasteiger partial charge in [0.05, 0.1) is 17.5 Å². The molecular formula is C18H19F3N6O2. The highest BCUT2D eigenvalue weighted by Crippen LogP contribution is 2.35. The number of amides is 2. The van der Waals surface area contributed by atoms with E-state index in [2.05, 4.69) is 15.4 Å². The molecule has 0 aliphatic carbocycles. The molecule has 2 aliphatic rings. The van der Waals surface area contributed by atoms with Crippen LogP contribution in [0.5, 0.6) is 0 Å². The highest BCUT2D eigenvalue weighted by Gasteiger charge is 2.33. The average molecular weight is 408 g/mol. The highest BCUT2D eigenvalue weighted by atomic mass is 19.3. The number of hydrogen-bond donors (Lipinski definition) is 1. The molecule has 154 valence electrons. The van der Waals surface area contributed by atoms with E-state index < -0.39 is 18.3 Å². The molecule has 0 radical (unpaired) electrons. The van der Waals surface area contributed by atoms with E-state index in [9.17, 15) is 18.4 Å². The molecule has 4 rings (SSSR count). The predicted octanol–water partition coefficient (Wildman–Crippen LogP) is 1.78. The Hall–Kier alpha value is -3.11. The number of carbonyl (C=O) groups excluding carboxylic acids is 2. The van der Waals surface area contributed by atoms with E-state index in [1.165, 1.54) is 6.20 Å². The topological polar surface area (TPSA) is 83.4 Å². The molecule has 0 bridgehead atoms. The van der Waals surface area contributed by atoms with Crippen LogP contribution < -0.4 is 10.2 Å². The zero-order valence-electron chi connectivity index (χ0n) is 15.6. The first kappa shape index (κ1) is 19.2. The summed E-state index contributed by atoms with van der Waals surface area (Å²) < 4.78 is 41.6. The molecule has 1 saturated heterocycles. The molecule has 1 fully saturated rings. The van der Waals surface area contributed by atoms with Gasteiger partial charge in [-0.1, -0.05) is 0 Å². The Morgan fingerprint density at radius 1 is 1.41 bits per heavy atom. The fourth-order valence-electron chi connectivity index (χ4n) is 3.84. The fourth-order valence-corrected chi connectivity index (χ4v) is 3.84. The minimum absolute atomic E-state index is 0.00945. The number of fused-ring (bicyclic) bond motifs is 1. The van der Waals surface area contributed by atoms with Crippen LogP contribution in [0.15, 0.2) is 12.4 Å². The second-order valence-corrected chi connectivity index (χ2v) is 7.13. The lowest BCUT2D eigenvalue weighted by molar-refractivity contribution is -0.119. The number of piperidine rings is 1. The number of pyridine rings is 1. The van der Waals surface area contributed by atoms with Gasteiger partial charge in [0.2, 0.25) is 6.41 Å². The van der Waals surface area contributed by atoms with Crippen molar-refractivity contribution in [2.75, 3.05) is 25.0 Å². The van der Waals surface area contributed by atoms with Gasteiger partial charge >= 0.3 is 6.55 Å². The Labute approximate surface area is 164 Å². The molecule has 29 heavy (non-hydrogen) atoms. The van der Waals surface area contributed by atoms with Gasteiger partial charge in [0.15, 0.2) is 11.6 Å². The number of anilines is 1. The van der Waals surface area contributed by atoms with Crippen LogP contribution in [0.3, 0.4) is 0 Å². The van der Waals surface area contributed by atoms with Gasteiger partial charge in [-0.3, -0.25) is 9.59 Å². The molecule has 4 heterocycles. The molecule has 0 saturated carbocycles. The molecule has 1 atom stereocenters. The Morgan fingerprint density at radius 3 is 2.90 bits per heavy atom. The van der Waals surface area contributed by atoms with Crippen LogP contribution in [0.1, 0.15) is 35.3 Å². The first-order valence-corrected chi connectivity index (χ1v) is 9.16. The summed E-state index contributed by atoms with van der Waals surface area (Å²) in [4.78, 5) is 31.0. The normalized spacial score (nSPS) is 18.7. The fraction of sp³-hybridized carbons (Fsp3) is 0.444. The second-order valence-electron chi connectivity index (χ2n) is 7.13. The SMILES string of the molecule is CN(c1nc(-c2cnn(C(F)F)c2)c2c(c1F)CNC2=O)C1CCCN(C=O)C1. The summed E-state index contributed by atoms with van der Waals surface area (Å²) >= 11 is 0. The van der Waals surface area contributed by atoms with Gasteiger partial charge in [0.1, 0.15) is 0 Å². The van der Waals surface area contributed by atoms with Gasteiger partial charge in [-0.25, -0.2) is 14.1 Å². The number of alkyl halides is 2. The number of hydrogen-bond acceptors (Lipinski definition) is 5. The van der Waals surface area contributed by atoms with Crippen LogP contribution in [-0.4, -0.2) is 58.2 Å². The molecule has 1 unspecified atom stereocenters. The van der Waals surface area contributed by atoms with Crippen molar-refractivity contribution >= 4 is 18.1 Å². The third-order valence-corrected chi connectivity index (χ3v) is 5.40. The summed E-state index contributed by atoms with van der Waals surface area (Å²) in [6.45, 7) is -1.78. The lowest BCUT2D eigenvalue weighted by atomic mass is 10.0. The zero-order valence-corrected chi connectivity index (χ0v) is 15.6. The van der Waals surface area contributed by atoms with Gasteiger partial charge < -0.3 is 15.1 Å². The van der Waals surface area contributed by atoms with E-state index in [-0.39, 0.29) is 40.8 Å². The number of halogens is 3. The zero-order chi connectivity index (χ0) is 20.7. The Morgan fingerprint density at radius 2 is 2.21 bits per heavy atom. The van der Waals surface area contributed by atoms with Crippen LogP contribution in [0.4, 0.5) is 19.0 Å². The molecule has 0 aromatic carbocycles. The van der Waals surface area contributed by atoms with Crippen LogP contribution in [0, 0.1) is 5.82 Å². The lowest BCUT2D eigenvalue weighted by Crippen LogP contribution is -2.46. The Bertz CT molecular complexity index is 963. The molecule has 1 N–H and O–H groups in total. The Balaban J connectivity index is 1.79. The maximum atomic E-state index is 15.2. The second kappa shape index (κ2) is 7.37. The van der Waals surface area contributed by atoms with Crippen molar-refractivity contribution in [1.29, 1.82) is 0 Å². The van der Waals surface area contributed by atoms with Crippen LogP contribution in [-0.2, 0) is 11.3 Å². The van der Waals surface area contributed by atoms with Crippen molar-refractivity contribution in [3.05, 3.63) is 29.3 Å². The van der Waals surface area contributed by atoms with Gasteiger partial charge in [-0.2, -0.15) is 13.9 Å². The predicted molar refractivity (Wildman–Crippen MR) is 96.9 cm³/mol. The number of aromatic nitrogens is 3. The molecule has 11 heteroatoms. The third kappa shape index (κ3) is 3.30. The molecule has 0 spiro atoms. The summed E-state index contributed by atoms with van der Waals surface area (Å²) in [5, 5.41) is 6.15. The van der Waals surface area contributed by atoms with Crippen molar-refractivity contribution in [2.45, 2.75) is 32.0 Å². The van der Waals surface area contributed by atoms with Crippen molar-refractivity contribution in [1.82, 2.24) is 25.0 Å². The largest absolute Gasteiger partial charge is 0.352 e. The number of likely N-dealkylation sites (N-methyl/N-ethyl adjacent to an activating group) is 1. The minimum Gasteiger partial charge on any atom is -0.352 e. The summed E-state index contributed by atoms with van der Waals surface area (Å²) in [5.41, 5.74) is 0.487. The number of rotatable bonds is 5. The summed E-state index contributed by atoms with van der Waals surface area (Å²) in [7, 11) is 1.67. The number of nitrogens with one attached hydrogen (secondary N) is 1. The monoisotopic (exact) mass is 408 g/mol. The van der Waals surface area contributed by atoms with Gasteiger partial charge in [-0.05, 0) is 12.8 Å². The van der Waals surface area contributed by atoms with Crippen LogP contribution in [0.2, 0.25) is 0 Å². The first-order chi connectivity index (χ1) is 13.9. The maximum absolute atomic E-state index is 15.2. The van der Waals surface area contributed by atoms with Gasteiger partial charge in [0, 0.05) is 50.0 Å². The smallest absolute Gasteiger partial charge is 0.333 e. The van der Waals surface area contributed by atoms with Crippen molar-refractivity contribution in [3.8, 4) is 11.3 Å². The molecular weight excluding hydrogens is 389 g/mol. The minimum atomic E-state index is -2.84. The van der Waals surface area contributed by atoms with Crippen molar-refractivity contribution in [3.63, 3.8) is 0 Å². The first-order valence-electron chi connectivity index (χ1n) is 9.16. The van der Waals surface area contributed by atoms with E-state index in [0.717, 1.165) is 25.4 Å². The number of nitrogens with zero attached hydrogens (tertiary/aromatic N) is 5. The summed E-state index contributed by atoms with van der Waals surface area (Å²) in [5.74, 6) is -1.13.